The van der Waals surface area contributed by atoms with E-state index in [1.54, 1.807) is 11.3 Å². The zero-order valence-electron chi connectivity index (χ0n) is 10.0. The molecule has 1 atom stereocenters. The summed E-state index contributed by atoms with van der Waals surface area (Å²) in [6, 6.07) is 8.83. The highest BCUT2D eigenvalue weighted by atomic mass is 79.9. The first-order valence-corrected chi connectivity index (χ1v) is 7.28. The Morgan fingerprint density at radius 2 is 1.82 bits per heavy atom. The van der Waals surface area contributed by atoms with Crippen molar-refractivity contribution in [3.05, 3.63) is 55.7 Å². The molecule has 1 aromatic carbocycles. The maximum Gasteiger partial charge on any atom is 0.0431 e. The summed E-state index contributed by atoms with van der Waals surface area (Å²) in [4.78, 5) is 1.23. The molecule has 0 bridgehead atoms. The standard InChI is InChI=1S/C14H16BrNS/c1-9-3-10(2)5-11(4-9)6-13(16)14-7-12(15)8-17-14/h3-5,7-8,13H,6,16H2,1-2H3. The topological polar surface area (TPSA) is 26.0 Å². The summed E-state index contributed by atoms with van der Waals surface area (Å²) >= 11 is 5.18. The number of halogens is 1. The van der Waals surface area contributed by atoms with Gasteiger partial charge in [-0.15, -0.1) is 11.3 Å². The molecule has 90 valence electrons. The summed E-state index contributed by atoms with van der Waals surface area (Å²) in [7, 11) is 0. The quantitative estimate of drug-likeness (QED) is 0.895. The van der Waals surface area contributed by atoms with Crippen LogP contribution in [0.3, 0.4) is 0 Å². The van der Waals surface area contributed by atoms with Crippen LogP contribution in [0.25, 0.3) is 0 Å². The first-order valence-electron chi connectivity index (χ1n) is 5.61. The van der Waals surface area contributed by atoms with Gasteiger partial charge in [-0.2, -0.15) is 0 Å². The fourth-order valence-electron chi connectivity index (χ4n) is 2.06. The van der Waals surface area contributed by atoms with E-state index in [9.17, 15) is 0 Å². The van der Waals surface area contributed by atoms with Crippen molar-refractivity contribution in [1.82, 2.24) is 0 Å². The molecule has 1 aromatic heterocycles. The van der Waals surface area contributed by atoms with Crippen LogP contribution in [-0.4, -0.2) is 0 Å². The number of aryl methyl sites for hydroxylation is 2. The van der Waals surface area contributed by atoms with Crippen molar-refractivity contribution in [2.45, 2.75) is 26.3 Å². The summed E-state index contributed by atoms with van der Waals surface area (Å²) in [5, 5.41) is 2.08. The van der Waals surface area contributed by atoms with Crippen LogP contribution in [0.5, 0.6) is 0 Å². The summed E-state index contributed by atoms with van der Waals surface area (Å²) in [5.74, 6) is 0. The second-order valence-electron chi connectivity index (χ2n) is 4.47. The minimum atomic E-state index is 0.0903. The molecule has 2 N–H and O–H groups in total. The minimum absolute atomic E-state index is 0.0903. The van der Waals surface area contributed by atoms with Gasteiger partial charge in [0.25, 0.3) is 0 Å². The van der Waals surface area contributed by atoms with Crippen LogP contribution in [-0.2, 0) is 6.42 Å². The molecule has 0 saturated carbocycles. The van der Waals surface area contributed by atoms with E-state index in [4.69, 9.17) is 5.73 Å². The maximum atomic E-state index is 6.23. The van der Waals surface area contributed by atoms with Gasteiger partial charge < -0.3 is 5.73 Å². The number of hydrogen-bond acceptors (Lipinski definition) is 2. The lowest BCUT2D eigenvalue weighted by atomic mass is 10.0. The third kappa shape index (κ3) is 3.41. The first kappa shape index (κ1) is 12.8. The van der Waals surface area contributed by atoms with Gasteiger partial charge in [0.2, 0.25) is 0 Å². The molecular weight excluding hydrogens is 294 g/mol. The Kier molecular flexibility index (Phi) is 4.02. The Morgan fingerprint density at radius 3 is 2.35 bits per heavy atom. The van der Waals surface area contributed by atoms with Gasteiger partial charge in [-0.05, 0) is 47.8 Å². The molecule has 2 rings (SSSR count). The number of thiophene rings is 1. The molecule has 0 aliphatic heterocycles. The zero-order valence-corrected chi connectivity index (χ0v) is 12.4. The Balaban J connectivity index is 2.15. The summed E-state index contributed by atoms with van der Waals surface area (Å²) in [6.07, 6.45) is 0.898. The first-order chi connectivity index (χ1) is 8.04. The van der Waals surface area contributed by atoms with E-state index in [2.05, 4.69) is 59.4 Å². The Morgan fingerprint density at radius 1 is 1.18 bits per heavy atom. The van der Waals surface area contributed by atoms with Crippen LogP contribution in [0.1, 0.15) is 27.6 Å². The summed E-state index contributed by atoms with van der Waals surface area (Å²) in [5.41, 5.74) is 10.2. The van der Waals surface area contributed by atoms with Gasteiger partial charge in [0.05, 0.1) is 0 Å². The lowest BCUT2D eigenvalue weighted by Gasteiger charge is -2.11. The second kappa shape index (κ2) is 5.34. The highest BCUT2D eigenvalue weighted by molar-refractivity contribution is 9.10. The lowest BCUT2D eigenvalue weighted by Crippen LogP contribution is -2.11. The number of rotatable bonds is 3. The molecule has 0 radical (unpaired) electrons. The monoisotopic (exact) mass is 309 g/mol. The molecule has 1 nitrogen and oxygen atoms in total. The van der Waals surface area contributed by atoms with Crippen molar-refractivity contribution in [2.75, 3.05) is 0 Å². The largest absolute Gasteiger partial charge is 0.323 e. The van der Waals surface area contributed by atoms with Gasteiger partial charge in [0, 0.05) is 20.8 Å². The van der Waals surface area contributed by atoms with Crippen LogP contribution in [0.2, 0.25) is 0 Å². The van der Waals surface area contributed by atoms with Crippen molar-refractivity contribution < 1.29 is 0 Å². The Bertz CT molecular complexity index is 498. The average Bonchev–Trinajstić information content (AvgIpc) is 2.63. The molecule has 17 heavy (non-hydrogen) atoms. The molecule has 0 spiro atoms. The van der Waals surface area contributed by atoms with E-state index >= 15 is 0 Å². The van der Waals surface area contributed by atoms with E-state index in [0.29, 0.717) is 0 Å². The number of nitrogens with two attached hydrogens (primary N) is 1. The molecule has 0 aliphatic rings. The van der Waals surface area contributed by atoms with Crippen molar-refractivity contribution >= 4 is 27.3 Å². The smallest absolute Gasteiger partial charge is 0.0431 e. The molecule has 3 heteroatoms. The van der Waals surface area contributed by atoms with E-state index in [-0.39, 0.29) is 6.04 Å². The fourth-order valence-corrected chi connectivity index (χ4v) is 3.51. The third-order valence-corrected chi connectivity index (χ3v) is 4.52. The van der Waals surface area contributed by atoms with Gasteiger partial charge in [0.1, 0.15) is 0 Å². The van der Waals surface area contributed by atoms with Gasteiger partial charge in [0.15, 0.2) is 0 Å². The molecule has 1 heterocycles. The van der Waals surface area contributed by atoms with Gasteiger partial charge in [-0.3, -0.25) is 0 Å². The van der Waals surface area contributed by atoms with Crippen LogP contribution < -0.4 is 5.73 Å². The third-order valence-electron chi connectivity index (χ3n) is 2.69. The number of hydrogen-bond donors (Lipinski definition) is 1. The minimum Gasteiger partial charge on any atom is -0.323 e. The fraction of sp³-hybridized carbons (Fsp3) is 0.286. The van der Waals surface area contributed by atoms with E-state index < -0.39 is 0 Å². The van der Waals surface area contributed by atoms with Crippen LogP contribution >= 0.6 is 27.3 Å². The van der Waals surface area contributed by atoms with Gasteiger partial charge in [-0.25, -0.2) is 0 Å². The Labute approximate surface area is 115 Å². The zero-order chi connectivity index (χ0) is 12.4. The molecule has 0 amide bonds. The van der Waals surface area contributed by atoms with Gasteiger partial charge >= 0.3 is 0 Å². The highest BCUT2D eigenvalue weighted by Crippen LogP contribution is 2.26. The maximum absolute atomic E-state index is 6.23. The van der Waals surface area contributed by atoms with Crippen molar-refractivity contribution in [2.24, 2.45) is 5.73 Å². The summed E-state index contributed by atoms with van der Waals surface area (Å²) in [6.45, 7) is 4.26. The predicted molar refractivity (Wildman–Crippen MR) is 78.6 cm³/mol. The molecule has 0 aliphatic carbocycles. The second-order valence-corrected chi connectivity index (χ2v) is 6.33. The van der Waals surface area contributed by atoms with E-state index in [0.717, 1.165) is 10.9 Å². The van der Waals surface area contributed by atoms with Crippen molar-refractivity contribution in [3.8, 4) is 0 Å². The van der Waals surface area contributed by atoms with E-state index in [1.165, 1.54) is 21.6 Å². The highest BCUT2D eigenvalue weighted by Gasteiger charge is 2.10. The Hall–Kier alpha value is -0.640. The normalized spacial score (nSPS) is 12.7. The van der Waals surface area contributed by atoms with Gasteiger partial charge in [-0.1, -0.05) is 29.3 Å². The molecular formula is C14H16BrNS. The molecule has 1 unspecified atom stereocenters. The van der Waals surface area contributed by atoms with Crippen molar-refractivity contribution in [1.29, 1.82) is 0 Å². The summed E-state index contributed by atoms with van der Waals surface area (Å²) < 4.78 is 1.12. The average molecular weight is 310 g/mol. The lowest BCUT2D eigenvalue weighted by molar-refractivity contribution is 0.735. The number of benzene rings is 1. The van der Waals surface area contributed by atoms with Crippen LogP contribution in [0.15, 0.2) is 34.1 Å². The van der Waals surface area contributed by atoms with Crippen molar-refractivity contribution in [3.63, 3.8) is 0 Å². The van der Waals surface area contributed by atoms with Crippen LogP contribution in [0.4, 0.5) is 0 Å². The van der Waals surface area contributed by atoms with E-state index in [1.807, 2.05) is 0 Å². The van der Waals surface area contributed by atoms with Crippen LogP contribution in [0, 0.1) is 13.8 Å². The molecule has 0 saturated heterocycles. The molecule has 0 fully saturated rings. The molecule has 2 aromatic rings. The predicted octanol–water partition coefficient (Wildman–Crippen LogP) is 4.37. The SMILES string of the molecule is Cc1cc(C)cc(CC(N)c2cc(Br)cs2)c1.